The molecular weight excluding hydrogens is 302 g/mol. The van der Waals surface area contributed by atoms with Crippen LogP contribution >= 0.6 is 15.9 Å². The third-order valence-electron chi connectivity index (χ3n) is 4.52. The van der Waals surface area contributed by atoms with E-state index in [4.69, 9.17) is 0 Å². The highest BCUT2D eigenvalue weighted by atomic mass is 79.9. The zero-order valence-electron chi connectivity index (χ0n) is 11.1. The Kier molecular flexibility index (Phi) is 4.04. The Morgan fingerprint density at radius 3 is 2.95 bits per heavy atom. The first-order valence-corrected chi connectivity index (χ1v) is 8.05. The third kappa shape index (κ3) is 3.09. The summed E-state index contributed by atoms with van der Waals surface area (Å²) >= 11 is 3.46. The van der Waals surface area contributed by atoms with Crippen molar-refractivity contribution in [3.63, 3.8) is 0 Å². The second-order valence-corrected chi connectivity index (χ2v) is 6.79. The van der Waals surface area contributed by atoms with Crippen molar-refractivity contribution in [3.05, 3.63) is 34.3 Å². The highest BCUT2D eigenvalue weighted by Crippen LogP contribution is 2.33. The number of nitrogens with one attached hydrogen (secondary N) is 1. The highest BCUT2D eigenvalue weighted by molar-refractivity contribution is 9.10. The lowest BCUT2D eigenvalue weighted by molar-refractivity contribution is -0.120. The predicted molar refractivity (Wildman–Crippen MR) is 80.1 cm³/mol. The van der Waals surface area contributed by atoms with Gasteiger partial charge in [0, 0.05) is 16.9 Å². The number of hydrogen-bond acceptors (Lipinski definition) is 2. The van der Waals surface area contributed by atoms with Crippen LogP contribution in [0, 0.1) is 5.92 Å². The Balaban J connectivity index is 1.62. The molecule has 2 fully saturated rings. The van der Waals surface area contributed by atoms with Crippen LogP contribution in [0.25, 0.3) is 0 Å². The van der Waals surface area contributed by atoms with Gasteiger partial charge in [0.1, 0.15) is 0 Å². The normalized spacial score (nSPS) is 30.1. The van der Waals surface area contributed by atoms with Crippen molar-refractivity contribution in [1.29, 1.82) is 0 Å². The number of ketones is 1. The van der Waals surface area contributed by atoms with Crippen LogP contribution in [0.5, 0.6) is 0 Å². The van der Waals surface area contributed by atoms with E-state index in [1.54, 1.807) is 0 Å². The maximum atomic E-state index is 12.4. The molecule has 0 bridgehead atoms. The molecule has 1 aliphatic heterocycles. The molecule has 2 nitrogen and oxygen atoms in total. The van der Waals surface area contributed by atoms with Crippen LogP contribution in [-0.4, -0.2) is 17.9 Å². The standard InChI is InChI=1S/C16H20BrNO/c17-13-6-3-4-11(8-13)9-16(19)15-10-12-5-1-2-7-14(12)18-15/h3-4,6,8,12,14-15,18H,1-2,5,7,9-10H2. The van der Waals surface area contributed by atoms with E-state index < -0.39 is 0 Å². The number of benzene rings is 1. The van der Waals surface area contributed by atoms with E-state index in [0.29, 0.717) is 18.2 Å². The molecule has 1 saturated heterocycles. The molecule has 0 amide bonds. The first kappa shape index (κ1) is 13.3. The summed E-state index contributed by atoms with van der Waals surface area (Å²) in [6, 6.07) is 8.76. The van der Waals surface area contributed by atoms with E-state index in [1.165, 1.54) is 25.7 Å². The van der Waals surface area contributed by atoms with E-state index in [-0.39, 0.29) is 6.04 Å². The summed E-state index contributed by atoms with van der Waals surface area (Å²) in [5.74, 6) is 1.10. The van der Waals surface area contributed by atoms with Gasteiger partial charge in [0.2, 0.25) is 0 Å². The topological polar surface area (TPSA) is 29.1 Å². The first-order chi connectivity index (χ1) is 9.22. The Hall–Kier alpha value is -0.670. The minimum absolute atomic E-state index is 0.0899. The molecule has 3 atom stereocenters. The van der Waals surface area contributed by atoms with Gasteiger partial charge in [-0.1, -0.05) is 40.9 Å². The Bertz CT molecular complexity index is 460. The summed E-state index contributed by atoms with van der Waals surface area (Å²) in [6.45, 7) is 0. The van der Waals surface area contributed by atoms with Crippen LogP contribution in [0.1, 0.15) is 37.7 Å². The number of hydrogen-bond donors (Lipinski definition) is 1. The second kappa shape index (κ2) is 5.76. The van der Waals surface area contributed by atoms with E-state index >= 15 is 0 Å². The molecule has 3 unspecified atom stereocenters. The van der Waals surface area contributed by atoms with Crippen LogP contribution in [0.15, 0.2) is 28.7 Å². The number of halogens is 1. The van der Waals surface area contributed by atoms with Gasteiger partial charge >= 0.3 is 0 Å². The highest BCUT2D eigenvalue weighted by Gasteiger charge is 2.37. The first-order valence-electron chi connectivity index (χ1n) is 7.25. The molecule has 0 spiro atoms. The van der Waals surface area contributed by atoms with Gasteiger partial charge in [0.25, 0.3) is 0 Å². The van der Waals surface area contributed by atoms with E-state index in [2.05, 4.69) is 21.2 Å². The van der Waals surface area contributed by atoms with Crippen LogP contribution < -0.4 is 5.32 Å². The van der Waals surface area contributed by atoms with Crippen molar-refractivity contribution in [2.75, 3.05) is 0 Å². The minimum Gasteiger partial charge on any atom is -0.304 e. The number of rotatable bonds is 3. The Morgan fingerprint density at radius 1 is 1.32 bits per heavy atom. The Labute approximate surface area is 123 Å². The van der Waals surface area contributed by atoms with E-state index in [0.717, 1.165) is 22.4 Å². The average molecular weight is 322 g/mol. The minimum atomic E-state index is 0.0899. The molecule has 1 heterocycles. The van der Waals surface area contributed by atoms with Gasteiger partial charge in [-0.25, -0.2) is 0 Å². The zero-order valence-corrected chi connectivity index (χ0v) is 12.7. The fourth-order valence-corrected chi connectivity index (χ4v) is 3.98. The number of carbonyl (C=O) groups excluding carboxylic acids is 1. The largest absolute Gasteiger partial charge is 0.304 e. The summed E-state index contributed by atoms with van der Waals surface area (Å²) < 4.78 is 1.05. The summed E-state index contributed by atoms with van der Waals surface area (Å²) in [4.78, 5) is 12.4. The lowest BCUT2D eigenvalue weighted by atomic mass is 9.84. The van der Waals surface area contributed by atoms with Gasteiger partial charge in [0.05, 0.1) is 6.04 Å². The molecule has 1 aliphatic carbocycles. The van der Waals surface area contributed by atoms with Crippen molar-refractivity contribution in [1.82, 2.24) is 5.32 Å². The molecule has 1 saturated carbocycles. The molecule has 102 valence electrons. The van der Waals surface area contributed by atoms with Crippen molar-refractivity contribution < 1.29 is 4.79 Å². The van der Waals surface area contributed by atoms with Gasteiger partial charge in [-0.15, -0.1) is 0 Å². The Morgan fingerprint density at radius 2 is 2.16 bits per heavy atom. The lowest BCUT2D eigenvalue weighted by Gasteiger charge is -2.24. The molecular formula is C16H20BrNO. The SMILES string of the molecule is O=C(Cc1cccc(Br)c1)C1CC2CCCCC2N1. The molecule has 0 radical (unpaired) electrons. The molecule has 19 heavy (non-hydrogen) atoms. The van der Waals surface area contributed by atoms with Crippen molar-refractivity contribution in [3.8, 4) is 0 Å². The molecule has 1 aromatic carbocycles. The summed E-state index contributed by atoms with van der Waals surface area (Å²) in [6.07, 6.45) is 6.83. The molecule has 3 heteroatoms. The van der Waals surface area contributed by atoms with Crippen molar-refractivity contribution >= 4 is 21.7 Å². The van der Waals surface area contributed by atoms with Crippen molar-refractivity contribution in [2.24, 2.45) is 5.92 Å². The van der Waals surface area contributed by atoms with Crippen LogP contribution in [-0.2, 0) is 11.2 Å². The van der Waals surface area contributed by atoms with Crippen LogP contribution in [0.2, 0.25) is 0 Å². The maximum absolute atomic E-state index is 12.4. The fraction of sp³-hybridized carbons (Fsp3) is 0.562. The van der Waals surface area contributed by atoms with Gasteiger partial charge in [-0.05, 0) is 42.9 Å². The summed E-state index contributed by atoms with van der Waals surface area (Å²) in [7, 11) is 0. The quantitative estimate of drug-likeness (QED) is 0.923. The molecule has 1 aromatic rings. The molecule has 0 aromatic heterocycles. The van der Waals surface area contributed by atoms with Gasteiger partial charge in [-0.2, -0.15) is 0 Å². The monoisotopic (exact) mass is 321 g/mol. The van der Waals surface area contributed by atoms with Gasteiger partial charge in [-0.3, -0.25) is 4.79 Å². The second-order valence-electron chi connectivity index (χ2n) is 5.88. The number of Topliss-reactive ketones (excluding diaryl/α,β-unsaturated/α-hetero) is 1. The average Bonchev–Trinajstić information content (AvgIpc) is 2.82. The fourth-order valence-electron chi connectivity index (χ4n) is 3.53. The number of fused-ring (bicyclic) bond motifs is 1. The van der Waals surface area contributed by atoms with E-state index in [1.807, 2.05) is 24.3 Å². The molecule has 1 N–H and O–H groups in total. The number of carbonyl (C=O) groups is 1. The lowest BCUT2D eigenvalue weighted by Crippen LogP contribution is -2.37. The third-order valence-corrected chi connectivity index (χ3v) is 5.01. The van der Waals surface area contributed by atoms with Crippen molar-refractivity contribution in [2.45, 2.75) is 50.6 Å². The van der Waals surface area contributed by atoms with Gasteiger partial charge in [0.15, 0.2) is 5.78 Å². The summed E-state index contributed by atoms with van der Waals surface area (Å²) in [5.41, 5.74) is 1.11. The summed E-state index contributed by atoms with van der Waals surface area (Å²) in [5, 5.41) is 3.57. The molecule has 3 rings (SSSR count). The maximum Gasteiger partial charge on any atom is 0.154 e. The smallest absolute Gasteiger partial charge is 0.154 e. The van der Waals surface area contributed by atoms with Crippen LogP contribution in [0.3, 0.4) is 0 Å². The van der Waals surface area contributed by atoms with E-state index in [9.17, 15) is 4.79 Å². The zero-order chi connectivity index (χ0) is 13.2. The predicted octanol–water partition coefficient (Wildman–Crippen LogP) is 3.48. The van der Waals surface area contributed by atoms with Gasteiger partial charge < -0.3 is 5.32 Å². The van der Waals surface area contributed by atoms with Crippen LogP contribution in [0.4, 0.5) is 0 Å². The molecule has 2 aliphatic rings.